The molecule has 1 aromatic heterocycles. The average Bonchev–Trinajstić information content (AvgIpc) is 3.22. The Morgan fingerprint density at radius 1 is 1.43 bits per heavy atom. The van der Waals surface area contributed by atoms with E-state index in [9.17, 15) is 13.2 Å². The molecule has 1 saturated heterocycles. The monoisotopic (exact) mass is 326 g/mol. The molecule has 1 amide bonds. The van der Waals surface area contributed by atoms with Gasteiger partial charge in [0.2, 0.25) is 5.91 Å². The fraction of sp³-hybridized carbons (Fsp3) is 0.643. The van der Waals surface area contributed by atoms with Gasteiger partial charge in [-0.15, -0.1) is 11.3 Å². The Morgan fingerprint density at radius 2 is 2.24 bits per heavy atom. The lowest BCUT2D eigenvalue weighted by Crippen LogP contribution is -2.31. The van der Waals surface area contributed by atoms with Gasteiger partial charge in [0.1, 0.15) is 4.21 Å². The Kier molecular flexibility index (Phi) is 2.96. The molecule has 21 heavy (non-hydrogen) atoms. The lowest BCUT2D eigenvalue weighted by atomic mass is 10.0. The molecule has 2 aliphatic carbocycles. The number of carbonyl (C=O) groups excluding carboxylic acids is 1. The van der Waals surface area contributed by atoms with Crippen molar-refractivity contribution in [2.75, 3.05) is 13.1 Å². The van der Waals surface area contributed by atoms with Gasteiger partial charge in [-0.1, -0.05) is 6.07 Å². The lowest BCUT2D eigenvalue weighted by molar-refractivity contribution is -0.123. The predicted octanol–water partition coefficient (Wildman–Crippen LogP) is 1.43. The molecule has 4 rings (SSSR count). The van der Waals surface area contributed by atoms with Crippen LogP contribution >= 0.6 is 11.3 Å². The summed E-state index contributed by atoms with van der Waals surface area (Å²) in [4.78, 5) is 12.1. The van der Waals surface area contributed by atoms with E-state index < -0.39 is 10.0 Å². The Morgan fingerprint density at radius 3 is 2.90 bits per heavy atom. The smallest absolute Gasteiger partial charge is 0.252 e. The highest BCUT2D eigenvalue weighted by atomic mass is 32.2. The fourth-order valence-electron chi connectivity index (χ4n) is 3.30. The van der Waals surface area contributed by atoms with Gasteiger partial charge in [0.25, 0.3) is 10.0 Å². The number of amides is 1. The standard InChI is InChI=1S/C14H18N2O3S2/c17-13(15-10-3-4-10)11-8-14(11)5-6-16(9-14)21(18,19)12-2-1-7-20-12/h1-2,7,10-11H,3-6,8-9H2,(H,15,17)/t11-,14-/m1/s1. The van der Waals surface area contributed by atoms with Crippen LogP contribution < -0.4 is 5.32 Å². The molecule has 3 aliphatic rings. The highest BCUT2D eigenvalue weighted by molar-refractivity contribution is 7.91. The fourth-order valence-corrected chi connectivity index (χ4v) is 5.98. The molecular weight excluding hydrogens is 308 g/mol. The summed E-state index contributed by atoms with van der Waals surface area (Å²) in [7, 11) is -3.37. The van der Waals surface area contributed by atoms with Crippen LogP contribution in [0.15, 0.2) is 21.7 Å². The minimum absolute atomic E-state index is 0.0154. The number of hydrogen-bond acceptors (Lipinski definition) is 4. The summed E-state index contributed by atoms with van der Waals surface area (Å²) in [6.45, 7) is 1.03. The molecule has 2 saturated carbocycles. The van der Waals surface area contributed by atoms with E-state index in [-0.39, 0.29) is 17.2 Å². The van der Waals surface area contributed by atoms with Gasteiger partial charge in [-0.25, -0.2) is 8.42 Å². The first-order valence-electron chi connectivity index (χ1n) is 7.35. The highest BCUT2D eigenvalue weighted by Crippen LogP contribution is 2.59. The molecule has 0 radical (unpaired) electrons. The molecule has 114 valence electrons. The minimum Gasteiger partial charge on any atom is -0.353 e. The molecule has 7 heteroatoms. The van der Waals surface area contributed by atoms with Crippen LogP contribution in [-0.2, 0) is 14.8 Å². The second-order valence-corrected chi connectivity index (χ2v) is 9.54. The largest absolute Gasteiger partial charge is 0.353 e. The van der Waals surface area contributed by atoms with Crippen molar-refractivity contribution >= 4 is 27.3 Å². The number of carbonyl (C=O) groups is 1. The summed E-state index contributed by atoms with van der Waals surface area (Å²) < 4.78 is 27.0. The molecule has 1 N–H and O–H groups in total. The first-order valence-corrected chi connectivity index (χ1v) is 9.67. The third-order valence-electron chi connectivity index (χ3n) is 4.87. The number of sulfonamides is 1. The summed E-state index contributed by atoms with van der Waals surface area (Å²) >= 11 is 1.25. The van der Waals surface area contributed by atoms with Gasteiger partial charge < -0.3 is 5.32 Å². The van der Waals surface area contributed by atoms with Crippen LogP contribution in [0.4, 0.5) is 0 Å². The van der Waals surface area contributed by atoms with Crippen LogP contribution in [0.2, 0.25) is 0 Å². The maximum atomic E-state index is 12.5. The van der Waals surface area contributed by atoms with E-state index in [2.05, 4.69) is 5.32 Å². The van der Waals surface area contributed by atoms with Gasteiger partial charge >= 0.3 is 0 Å². The van der Waals surface area contributed by atoms with Gasteiger partial charge in [-0.2, -0.15) is 4.31 Å². The molecule has 0 unspecified atom stereocenters. The van der Waals surface area contributed by atoms with Crippen molar-refractivity contribution < 1.29 is 13.2 Å². The van der Waals surface area contributed by atoms with E-state index in [1.807, 2.05) is 0 Å². The zero-order valence-corrected chi connectivity index (χ0v) is 13.3. The number of thiophene rings is 1. The minimum atomic E-state index is -3.37. The molecule has 1 spiro atoms. The van der Waals surface area contributed by atoms with Gasteiger partial charge in [0.05, 0.1) is 0 Å². The molecule has 3 fully saturated rings. The van der Waals surface area contributed by atoms with Crippen LogP contribution in [0.25, 0.3) is 0 Å². The molecule has 0 aromatic carbocycles. The van der Waals surface area contributed by atoms with Gasteiger partial charge in [0.15, 0.2) is 0 Å². The Hall–Kier alpha value is -0.920. The van der Waals surface area contributed by atoms with E-state index in [0.717, 1.165) is 25.7 Å². The van der Waals surface area contributed by atoms with Crippen LogP contribution in [0.3, 0.4) is 0 Å². The van der Waals surface area contributed by atoms with Crippen molar-refractivity contribution in [3.05, 3.63) is 17.5 Å². The number of hydrogen-bond donors (Lipinski definition) is 1. The Bertz CT molecular complexity index is 666. The zero-order valence-electron chi connectivity index (χ0n) is 11.6. The third-order valence-corrected chi connectivity index (χ3v) is 8.09. The molecule has 1 aromatic rings. The van der Waals surface area contributed by atoms with E-state index in [1.54, 1.807) is 21.8 Å². The number of nitrogens with one attached hydrogen (secondary N) is 1. The van der Waals surface area contributed by atoms with Crippen molar-refractivity contribution in [1.29, 1.82) is 0 Å². The number of rotatable bonds is 4. The van der Waals surface area contributed by atoms with E-state index >= 15 is 0 Å². The SMILES string of the molecule is O=C(NC1CC1)[C@H]1C[C@@]12CCN(S(=O)(=O)c1cccs1)C2. The topological polar surface area (TPSA) is 66.5 Å². The van der Waals surface area contributed by atoms with Gasteiger partial charge in [-0.05, 0) is 42.5 Å². The van der Waals surface area contributed by atoms with Gasteiger partial charge in [-0.3, -0.25) is 4.79 Å². The zero-order chi connectivity index (χ0) is 14.7. The third kappa shape index (κ3) is 2.31. The van der Waals surface area contributed by atoms with Crippen molar-refractivity contribution in [1.82, 2.24) is 9.62 Å². The van der Waals surface area contributed by atoms with Crippen molar-refractivity contribution in [3.63, 3.8) is 0 Å². The maximum absolute atomic E-state index is 12.5. The first kappa shape index (κ1) is 13.7. The van der Waals surface area contributed by atoms with Crippen LogP contribution in [0.5, 0.6) is 0 Å². The van der Waals surface area contributed by atoms with E-state index in [0.29, 0.717) is 23.3 Å². The Balaban J connectivity index is 1.45. The summed E-state index contributed by atoms with van der Waals surface area (Å²) in [5, 5.41) is 4.82. The quantitative estimate of drug-likeness (QED) is 0.910. The van der Waals surface area contributed by atoms with Crippen LogP contribution in [0, 0.1) is 11.3 Å². The van der Waals surface area contributed by atoms with Crippen LogP contribution in [0.1, 0.15) is 25.7 Å². The van der Waals surface area contributed by atoms with E-state index in [4.69, 9.17) is 0 Å². The van der Waals surface area contributed by atoms with Gasteiger partial charge in [0, 0.05) is 25.0 Å². The summed E-state index contributed by atoms with van der Waals surface area (Å²) in [6, 6.07) is 3.78. The summed E-state index contributed by atoms with van der Waals surface area (Å²) in [5.41, 5.74) is -0.0939. The summed E-state index contributed by atoms with van der Waals surface area (Å²) in [5.74, 6) is 0.148. The predicted molar refractivity (Wildman–Crippen MR) is 79.4 cm³/mol. The van der Waals surface area contributed by atoms with Crippen molar-refractivity contribution in [2.24, 2.45) is 11.3 Å². The Labute approximate surface area is 128 Å². The molecule has 0 bridgehead atoms. The molecule has 5 nitrogen and oxygen atoms in total. The lowest BCUT2D eigenvalue weighted by Gasteiger charge is -2.15. The molecule has 1 aliphatic heterocycles. The molecular formula is C14H18N2O3S2. The normalized spacial score (nSPS) is 32.5. The van der Waals surface area contributed by atoms with Crippen molar-refractivity contribution in [3.8, 4) is 0 Å². The molecule has 2 atom stereocenters. The number of nitrogens with zero attached hydrogens (tertiary/aromatic N) is 1. The second kappa shape index (κ2) is 4.54. The van der Waals surface area contributed by atoms with Crippen LogP contribution in [-0.4, -0.2) is 37.8 Å². The van der Waals surface area contributed by atoms with E-state index in [1.165, 1.54) is 11.3 Å². The summed E-state index contributed by atoms with van der Waals surface area (Å²) in [6.07, 6.45) is 3.82. The first-order chi connectivity index (χ1) is 10.0. The molecule has 2 heterocycles. The second-order valence-electron chi connectivity index (χ2n) is 6.42. The van der Waals surface area contributed by atoms with Crippen molar-refractivity contribution in [2.45, 2.75) is 35.9 Å². The average molecular weight is 326 g/mol. The highest BCUT2D eigenvalue weighted by Gasteiger charge is 2.62. The maximum Gasteiger partial charge on any atom is 0.252 e.